The van der Waals surface area contributed by atoms with Crippen LogP contribution in [0.1, 0.15) is 52.9 Å². The molecule has 1 aliphatic carbocycles. The first-order valence-corrected chi connectivity index (χ1v) is 6.04. The zero-order valence-electron chi connectivity index (χ0n) is 10.4. The molecule has 0 aliphatic heterocycles. The highest BCUT2D eigenvalue weighted by Gasteiger charge is 2.54. The Labute approximate surface area is 95.8 Å². The topological polar surface area (TPSA) is 12.0 Å². The highest BCUT2D eigenvalue weighted by atomic mass is 19.4. The van der Waals surface area contributed by atoms with Gasteiger partial charge in [0.05, 0.1) is 0 Å². The first kappa shape index (κ1) is 13.8. The predicted octanol–water partition coefficient (Wildman–Crippen LogP) is 3.89. The van der Waals surface area contributed by atoms with E-state index in [9.17, 15) is 13.2 Å². The van der Waals surface area contributed by atoms with Crippen LogP contribution in [-0.2, 0) is 0 Å². The van der Waals surface area contributed by atoms with E-state index >= 15 is 0 Å². The summed E-state index contributed by atoms with van der Waals surface area (Å²) in [5.41, 5.74) is -1.60. The van der Waals surface area contributed by atoms with Gasteiger partial charge < -0.3 is 5.32 Å². The second-order valence-corrected chi connectivity index (χ2v) is 5.63. The van der Waals surface area contributed by atoms with Gasteiger partial charge >= 0.3 is 6.18 Å². The van der Waals surface area contributed by atoms with Gasteiger partial charge in [0.2, 0.25) is 0 Å². The molecule has 0 aromatic rings. The van der Waals surface area contributed by atoms with Crippen molar-refractivity contribution in [1.82, 2.24) is 5.32 Å². The Morgan fingerprint density at radius 3 is 2.19 bits per heavy atom. The molecule has 0 amide bonds. The quantitative estimate of drug-likeness (QED) is 0.718. The van der Waals surface area contributed by atoms with Crippen molar-refractivity contribution in [2.75, 3.05) is 6.54 Å². The van der Waals surface area contributed by atoms with E-state index in [-0.39, 0.29) is 18.3 Å². The Hall–Kier alpha value is -0.250. The van der Waals surface area contributed by atoms with E-state index in [1.165, 1.54) is 0 Å². The summed E-state index contributed by atoms with van der Waals surface area (Å²) in [6.45, 7) is 6.24. The monoisotopic (exact) mass is 237 g/mol. The predicted molar refractivity (Wildman–Crippen MR) is 59.3 cm³/mol. The molecule has 0 heterocycles. The van der Waals surface area contributed by atoms with Crippen LogP contribution in [0.25, 0.3) is 0 Å². The fourth-order valence-electron chi connectivity index (χ4n) is 2.57. The van der Waals surface area contributed by atoms with Gasteiger partial charge in [0.25, 0.3) is 0 Å². The number of halogens is 3. The molecule has 1 rings (SSSR count). The molecule has 0 bridgehead atoms. The van der Waals surface area contributed by atoms with E-state index in [1.807, 2.05) is 0 Å². The Morgan fingerprint density at radius 2 is 1.69 bits per heavy atom. The van der Waals surface area contributed by atoms with E-state index < -0.39 is 11.7 Å². The summed E-state index contributed by atoms with van der Waals surface area (Å²) in [7, 11) is 0. The molecule has 1 aliphatic rings. The van der Waals surface area contributed by atoms with Crippen molar-refractivity contribution in [3.8, 4) is 0 Å². The van der Waals surface area contributed by atoms with Gasteiger partial charge in [-0.05, 0) is 37.6 Å². The highest BCUT2D eigenvalue weighted by molar-refractivity contribution is 4.98. The third kappa shape index (κ3) is 2.90. The first-order chi connectivity index (χ1) is 7.22. The molecule has 96 valence electrons. The van der Waals surface area contributed by atoms with Crippen LogP contribution in [0.5, 0.6) is 0 Å². The molecule has 1 saturated carbocycles. The van der Waals surface area contributed by atoms with Gasteiger partial charge in [-0.25, -0.2) is 0 Å². The number of rotatable bonds is 2. The summed E-state index contributed by atoms with van der Waals surface area (Å²) in [4.78, 5) is 0. The average Bonchev–Trinajstić information content (AvgIpc) is 2.26. The van der Waals surface area contributed by atoms with Crippen molar-refractivity contribution in [2.24, 2.45) is 5.41 Å². The molecule has 0 radical (unpaired) electrons. The van der Waals surface area contributed by atoms with Crippen molar-refractivity contribution in [3.63, 3.8) is 0 Å². The molecule has 1 atom stereocenters. The second-order valence-electron chi connectivity index (χ2n) is 5.63. The van der Waals surface area contributed by atoms with Gasteiger partial charge in [0.15, 0.2) is 0 Å². The molecule has 0 saturated heterocycles. The molecule has 1 fully saturated rings. The fourth-order valence-corrected chi connectivity index (χ4v) is 2.57. The van der Waals surface area contributed by atoms with Crippen LogP contribution in [0, 0.1) is 5.41 Å². The lowest BCUT2D eigenvalue weighted by Gasteiger charge is -2.36. The van der Waals surface area contributed by atoms with E-state index in [1.54, 1.807) is 6.92 Å². The summed E-state index contributed by atoms with van der Waals surface area (Å²) in [6.07, 6.45) is -1.54. The highest BCUT2D eigenvalue weighted by Crippen LogP contribution is 2.45. The molecule has 0 spiro atoms. The minimum Gasteiger partial charge on any atom is -0.304 e. The van der Waals surface area contributed by atoms with Crippen LogP contribution < -0.4 is 5.32 Å². The Balaban J connectivity index is 2.86. The van der Waals surface area contributed by atoms with E-state index in [4.69, 9.17) is 0 Å². The van der Waals surface area contributed by atoms with Crippen molar-refractivity contribution in [1.29, 1.82) is 0 Å². The molecule has 0 aromatic carbocycles. The van der Waals surface area contributed by atoms with Gasteiger partial charge in [0, 0.05) is 0 Å². The minimum absolute atomic E-state index is 0.0441. The van der Waals surface area contributed by atoms with Crippen molar-refractivity contribution in [2.45, 2.75) is 64.6 Å². The van der Waals surface area contributed by atoms with E-state index in [0.717, 1.165) is 6.42 Å². The maximum absolute atomic E-state index is 13.2. The molecule has 1 nitrogen and oxygen atoms in total. The Kier molecular flexibility index (Phi) is 3.93. The molecular formula is C12H22F3N. The SMILES string of the molecule is CCNC1(C(F)(F)F)CCCC(C)(C)CC1. The van der Waals surface area contributed by atoms with E-state index in [0.29, 0.717) is 19.4 Å². The normalized spacial score (nSPS) is 31.1. The van der Waals surface area contributed by atoms with Gasteiger partial charge in [-0.3, -0.25) is 0 Å². The Morgan fingerprint density at radius 1 is 1.06 bits per heavy atom. The van der Waals surface area contributed by atoms with Gasteiger partial charge in [-0.15, -0.1) is 0 Å². The van der Waals surface area contributed by atoms with Crippen LogP contribution in [0.15, 0.2) is 0 Å². The van der Waals surface area contributed by atoms with Crippen LogP contribution in [0.2, 0.25) is 0 Å². The van der Waals surface area contributed by atoms with Gasteiger partial charge in [0.1, 0.15) is 5.54 Å². The summed E-state index contributed by atoms with van der Waals surface area (Å²) in [5.74, 6) is 0. The molecule has 0 aromatic heterocycles. The van der Waals surface area contributed by atoms with Crippen LogP contribution in [0.3, 0.4) is 0 Å². The zero-order valence-corrected chi connectivity index (χ0v) is 10.4. The maximum atomic E-state index is 13.2. The number of nitrogens with one attached hydrogen (secondary N) is 1. The number of hydrogen-bond acceptors (Lipinski definition) is 1. The molecular weight excluding hydrogens is 215 g/mol. The summed E-state index contributed by atoms with van der Waals surface area (Å²) in [5, 5.41) is 2.69. The smallest absolute Gasteiger partial charge is 0.304 e. The standard InChI is InChI=1S/C12H22F3N/c1-4-16-11(12(13,14)15)7-5-6-10(2,3)8-9-11/h16H,4-9H2,1-3H3. The lowest BCUT2D eigenvalue weighted by Crippen LogP contribution is -2.56. The summed E-state index contributed by atoms with van der Waals surface area (Å²) in [6, 6.07) is 0. The molecule has 1 unspecified atom stereocenters. The van der Waals surface area contributed by atoms with Crippen molar-refractivity contribution in [3.05, 3.63) is 0 Å². The Bertz CT molecular complexity index is 235. The molecule has 16 heavy (non-hydrogen) atoms. The first-order valence-electron chi connectivity index (χ1n) is 6.04. The molecule has 1 N–H and O–H groups in total. The molecule has 4 heteroatoms. The maximum Gasteiger partial charge on any atom is 0.406 e. The van der Waals surface area contributed by atoms with Crippen molar-refractivity contribution < 1.29 is 13.2 Å². The van der Waals surface area contributed by atoms with Gasteiger partial charge in [-0.1, -0.05) is 27.2 Å². The third-order valence-corrected chi connectivity index (χ3v) is 3.74. The lowest BCUT2D eigenvalue weighted by atomic mass is 9.83. The summed E-state index contributed by atoms with van der Waals surface area (Å²) < 4.78 is 39.5. The van der Waals surface area contributed by atoms with Gasteiger partial charge in [-0.2, -0.15) is 13.2 Å². The minimum atomic E-state index is -4.14. The van der Waals surface area contributed by atoms with Crippen LogP contribution >= 0.6 is 0 Å². The third-order valence-electron chi connectivity index (χ3n) is 3.74. The summed E-state index contributed by atoms with van der Waals surface area (Å²) >= 11 is 0. The number of hydrogen-bond donors (Lipinski definition) is 1. The van der Waals surface area contributed by atoms with Crippen molar-refractivity contribution >= 4 is 0 Å². The number of alkyl halides is 3. The largest absolute Gasteiger partial charge is 0.406 e. The zero-order chi connectivity index (χ0) is 12.4. The van der Waals surface area contributed by atoms with Crippen LogP contribution in [-0.4, -0.2) is 18.3 Å². The van der Waals surface area contributed by atoms with Crippen LogP contribution in [0.4, 0.5) is 13.2 Å². The lowest BCUT2D eigenvalue weighted by molar-refractivity contribution is -0.200. The second kappa shape index (κ2) is 4.55. The van der Waals surface area contributed by atoms with E-state index in [2.05, 4.69) is 19.2 Å². The fraction of sp³-hybridized carbons (Fsp3) is 1.00. The average molecular weight is 237 g/mol.